The van der Waals surface area contributed by atoms with Crippen LogP contribution in [0.5, 0.6) is 0 Å². The molecule has 3 atom stereocenters. The van der Waals surface area contributed by atoms with E-state index in [1.165, 1.54) is 135 Å². The Bertz CT molecular complexity index is 928. The zero-order chi connectivity index (χ0) is 38.7. The number of carboxylic acids is 2. The average molecular weight is 739 g/mol. The second kappa shape index (κ2) is 35.4. The van der Waals surface area contributed by atoms with Crippen LogP contribution in [0, 0.1) is 0 Å². The van der Waals surface area contributed by atoms with Crippen molar-refractivity contribution < 1.29 is 38.9 Å². The number of amides is 2. The molecular formula is C42H78N2O8. The van der Waals surface area contributed by atoms with Gasteiger partial charge in [-0.05, 0) is 32.6 Å². The van der Waals surface area contributed by atoms with Crippen LogP contribution >= 0.6 is 0 Å². The molecule has 52 heavy (non-hydrogen) atoms. The number of unbranched alkanes of at least 4 members (excludes halogenated alkanes) is 24. The summed E-state index contributed by atoms with van der Waals surface area (Å²) in [5, 5.41) is 23.1. The van der Waals surface area contributed by atoms with Crippen molar-refractivity contribution in [2.45, 2.75) is 238 Å². The van der Waals surface area contributed by atoms with Crippen LogP contribution in [0.15, 0.2) is 0 Å². The van der Waals surface area contributed by atoms with Crippen molar-refractivity contribution in [3.8, 4) is 0 Å². The number of esters is 1. The molecule has 0 spiro atoms. The van der Waals surface area contributed by atoms with Gasteiger partial charge in [0.05, 0.1) is 6.42 Å². The van der Waals surface area contributed by atoms with Crippen molar-refractivity contribution in [2.24, 2.45) is 0 Å². The summed E-state index contributed by atoms with van der Waals surface area (Å²) < 4.78 is 5.79. The van der Waals surface area contributed by atoms with E-state index in [1.54, 1.807) is 0 Å². The smallest absolute Gasteiger partial charge is 0.326 e. The first-order valence-corrected chi connectivity index (χ1v) is 21.3. The van der Waals surface area contributed by atoms with Gasteiger partial charge >= 0.3 is 17.9 Å². The molecule has 0 saturated carbocycles. The highest BCUT2D eigenvalue weighted by Crippen LogP contribution is 2.17. The van der Waals surface area contributed by atoms with E-state index in [1.807, 2.05) is 0 Å². The molecule has 304 valence electrons. The maximum atomic E-state index is 12.9. The average Bonchev–Trinajstić information content (AvgIpc) is 3.10. The van der Waals surface area contributed by atoms with Gasteiger partial charge in [-0.3, -0.25) is 19.2 Å². The Morgan fingerprint density at radius 3 is 1.33 bits per heavy atom. The maximum Gasteiger partial charge on any atom is 0.326 e. The summed E-state index contributed by atoms with van der Waals surface area (Å²) in [6.07, 6.45) is 31.3. The van der Waals surface area contributed by atoms with E-state index in [9.17, 15) is 29.1 Å². The van der Waals surface area contributed by atoms with E-state index in [0.717, 1.165) is 38.5 Å². The van der Waals surface area contributed by atoms with Gasteiger partial charge in [0.1, 0.15) is 18.2 Å². The molecule has 0 aromatic carbocycles. The fourth-order valence-corrected chi connectivity index (χ4v) is 6.52. The third kappa shape index (κ3) is 32.0. The lowest BCUT2D eigenvalue weighted by atomic mass is 10.0. The normalized spacial score (nSPS) is 12.9. The molecule has 0 aromatic rings. The first-order valence-electron chi connectivity index (χ1n) is 21.3. The Morgan fingerprint density at radius 1 is 0.519 bits per heavy atom. The van der Waals surface area contributed by atoms with Gasteiger partial charge in [0, 0.05) is 12.8 Å². The summed E-state index contributed by atoms with van der Waals surface area (Å²) in [4.78, 5) is 60.6. The molecule has 0 radical (unpaired) electrons. The predicted molar refractivity (Wildman–Crippen MR) is 209 cm³/mol. The Kier molecular flexibility index (Phi) is 33.6. The standard InChI is InChI=1S/C42H78N2O8/c1-4-6-8-10-12-14-16-18-20-22-24-26-28-30-36(34-38(45)43-35(3)41(49)44-37(42(50)51)32-33-39(46)47)52-40(48)31-29-27-25-23-21-19-17-15-13-11-9-7-5-2/h35-37H,4-34H2,1-3H3,(H,43,45)(H,44,49)(H,46,47)(H,50,51)/t35-,36?,37-/m0/s1. The molecule has 0 aromatic heterocycles. The third-order valence-electron chi connectivity index (χ3n) is 9.86. The molecule has 0 saturated heterocycles. The summed E-state index contributed by atoms with van der Waals surface area (Å²) in [7, 11) is 0. The highest BCUT2D eigenvalue weighted by molar-refractivity contribution is 5.90. The summed E-state index contributed by atoms with van der Waals surface area (Å²) >= 11 is 0. The Labute approximate surface area is 316 Å². The van der Waals surface area contributed by atoms with Gasteiger partial charge in [0.2, 0.25) is 11.8 Å². The summed E-state index contributed by atoms with van der Waals surface area (Å²) in [6, 6.07) is -2.42. The van der Waals surface area contributed by atoms with E-state index >= 15 is 0 Å². The molecular weight excluding hydrogens is 660 g/mol. The molecule has 0 aliphatic heterocycles. The SMILES string of the molecule is CCCCCCCCCCCCCCCC(=O)OC(CCCCCCCCCCCCCCC)CC(=O)N[C@@H](C)C(=O)N[C@@H](CCC(=O)O)C(=O)O. The molecule has 1 unspecified atom stereocenters. The number of ether oxygens (including phenoxy) is 1. The highest BCUT2D eigenvalue weighted by atomic mass is 16.5. The van der Waals surface area contributed by atoms with Crippen LogP contribution in [0.2, 0.25) is 0 Å². The van der Waals surface area contributed by atoms with Gasteiger partial charge in [0.15, 0.2) is 0 Å². The molecule has 0 aliphatic rings. The minimum Gasteiger partial charge on any atom is -0.481 e. The molecule has 0 heterocycles. The number of hydrogen-bond acceptors (Lipinski definition) is 6. The van der Waals surface area contributed by atoms with Crippen LogP contribution in [0.1, 0.15) is 220 Å². The number of rotatable bonds is 38. The lowest BCUT2D eigenvalue weighted by Crippen LogP contribution is -2.50. The Hall–Kier alpha value is -2.65. The zero-order valence-corrected chi connectivity index (χ0v) is 33.5. The van der Waals surface area contributed by atoms with Crippen LogP contribution < -0.4 is 10.6 Å². The van der Waals surface area contributed by atoms with Gasteiger partial charge < -0.3 is 25.6 Å². The Balaban J connectivity index is 4.64. The van der Waals surface area contributed by atoms with E-state index in [2.05, 4.69) is 24.5 Å². The molecule has 4 N–H and O–H groups in total. The van der Waals surface area contributed by atoms with E-state index in [0.29, 0.717) is 12.8 Å². The lowest BCUT2D eigenvalue weighted by molar-refractivity contribution is -0.151. The van der Waals surface area contributed by atoms with Gasteiger partial charge in [-0.25, -0.2) is 4.79 Å². The predicted octanol–water partition coefficient (Wildman–Crippen LogP) is 10.2. The van der Waals surface area contributed by atoms with Crippen LogP contribution in [-0.4, -0.2) is 58.1 Å². The number of aliphatic carboxylic acids is 2. The summed E-state index contributed by atoms with van der Waals surface area (Å²) in [5.74, 6) is -4.00. The largest absolute Gasteiger partial charge is 0.481 e. The first kappa shape index (κ1) is 49.4. The Morgan fingerprint density at radius 2 is 0.923 bits per heavy atom. The quantitative estimate of drug-likeness (QED) is 0.0360. The molecule has 0 aliphatic carbocycles. The van der Waals surface area contributed by atoms with Crippen LogP contribution in [-0.2, 0) is 28.7 Å². The molecule has 0 bridgehead atoms. The van der Waals surface area contributed by atoms with Crippen molar-refractivity contribution in [3.63, 3.8) is 0 Å². The minimum atomic E-state index is -1.38. The van der Waals surface area contributed by atoms with E-state index < -0.39 is 48.4 Å². The van der Waals surface area contributed by atoms with Crippen molar-refractivity contribution >= 4 is 29.7 Å². The van der Waals surface area contributed by atoms with Gasteiger partial charge in [-0.2, -0.15) is 0 Å². The maximum absolute atomic E-state index is 12.9. The van der Waals surface area contributed by atoms with Crippen molar-refractivity contribution in [3.05, 3.63) is 0 Å². The van der Waals surface area contributed by atoms with Crippen molar-refractivity contribution in [1.82, 2.24) is 10.6 Å². The van der Waals surface area contributed by atoms with Gasteiger partial charge in [-0.15, -0.1) is 0 Å². The van der Waals surface area contributed by atoms with E-state index in [-0.39, 0.29) is 18.8 Å². The summed E-state index contributed by atoms with van der Waals surface area (Å²) in [5.41, 5.74) is 0. The first-order chi connectivity index (χ1) is 25.1. The van der Waals surface area contributed by atoms with Crippen LogP contribution in [0.3, 0.4) is 0 Å². The summed E-state index contributed by atoms with van der Waals surface area (Å²) in [6.45, 7) is 5.92. The number of nitrogens with one attached hydrogen (secondary N) is 2. The van der Waals surface area contributed by atoms with Gasteiger partial charge in [0.25, 0.3) is 0 Å². The van der Waals surface area contributed by atoms with Crippen LogP contribution in [0.4, 0.5) is 0 Å². The highest BCUT2D eigenvalue weighted by Gasteiger charge is 2.26. The zero-order valence-electron chi connectivity index (χ0n) is 33.5. The number of carbonyl (C=O) groups is 5. The molecule has 10 heteroatoms. The fraction of sp³-hybridized carbons (Fsp3) is 0.881. The van der Waals surface area contributed by atoms with Gasteiger partial charge in [-0.1, -0.05) is 168 Å². The van der Waals surface area contributed by atoms with Crippen LogP contribution in [0.25, 0.3) is 0 Å². The number of carboxylic acid groups (broad SMARTS) is 2. The van der Waals surface area contributed by atoms with E-state index in [4.69, 9.17) is 9.84 Å². The molecule has 0 rings (SSSR count). The van der Waals surface area contributed by atoms with Crippen molar-refractivity contribution in [1.29, 1.82) is 0 Å². The number of carbonyl (C=O) groups excluding carboxylic acids is 3. The monoisotopic (exact) mass is 739 g/mol. The molecule has 10 nitrogen and oxygen atoms in total. The molecule has 0 fully saturated rings. The second-order valence-corrected chi connectivity index (χ2v) is 15.0. The topological polar surface area (TPSA) is 159 Å². The minimum absolute atomic E-state index is 0.0818. The second-order valence-electron chi connectivity index (χ2n) is 15.0. The van der Waals surface area contributed by atoms with Crippen molar-refractivity contribution in [2.75, 3.05) is 0 Å². The lowest BCUT2D eigenvalue weighted by Gasteiger charge is -2.21. The number of hydrogen-bond donors (Lipinski definition) is 4. The fourth-order valence-electron chi connectivity index (χ4n) is 6.52. The third-order valence-corrected chi connectivity index (χ3v) is 9.86. The molecule has 2 amide bonds.